The monoisotopic (exact) mass is 371 g/mol. The van der Waals surface area contributed by atoms with E-state index in [4.69, 9.17) is 4.74 Å². The van der Waals surface area contributed by atoms with Crippen LogP contribution in [0.3, 0.4) is 0 Å². The van der Waals surface area contributed by atoms with Crippen LogP contribution in [0.25, 0.3) is 0 Å². The Hall–Kier alpha value is -2.68. The van der Waals surface area contributed by atoms with E-state index in [0.717, 1.165) is 51.0 Å². The lowest BCUT2D eigenvalue weighted by atomic mass is 10.2. The maximum atomic E-state index is 12.7. The number of nitrogens with zero attached hydrogens (tertiary/aromatic N) is 7. The molecule has 4 rings (SSSR count). The van der Waals surface area contributed by atoms with Crippen molar-refractivity contribution in [2.45, 2.75) is 13.0 Å². The highest BCUT2D eigenvalue weighted by Gasteiger charge is 2.26. The molecule has 2 fully saturated rings. The lowest BCUT2D eigenvalue weighted by Gasteiger charge is -2.36. The summed E-state index contributed by atoms with van der Waals surface area (Å²) in [5.41, 5.74) is 0. The topological polar surface area (TPSA) is 79.6 Å². The van der Waals surface area contributed by atoms with Gasteiger partial charge in [-0.15, -0.1) is 10.2 Å². The molecule has 0 bridgehead atoms. The number of ether oxygens (including phenoxy) is 1. The van der Waals surface area contributed by atoms with Gasteiger partial charge in [0.2, 0.25) is 5.91 Å². The molecule has 144 valence electrons. The van der Waals surface area contributed by atoms with E-state index in [0.29, 0.717) is 13.1 Å². The largest absolute Gasteiger partial charge is 0.378 e. The van der Waals surface area contributed by atoms with Crippen molar-refractivity contribution < 1.29 is 9.53 Å². The molecule has 2 aromatic heterocycles. The molecule has 0 radical (unpaired) electrons. The summed E-state index contributed by atoms with van der Waals surface area (Å²) in [7, 11) is 0. The minimum absolute atomic E-state index is 0.104. The van der Waals surface area contributed by atoms with E-state index in [-0.39, 0.29) is 11.9 Å². The maximum Gasteiger partial charge on any atom is 0.247 e. The van der Waals surface area contributed by atoms with Gasteiger partial charge in [-0.3, -0.25) is 9.48 Å². The van der Waals surface area contributed by atoms with Gasteiger partial charge in [-0.1, -0.05) is 0 Å². The summed E-state index contributed by atoms with van der Waals surface area (Å²) in [5.74, 6) is 1.86. The van der Waals surface area contributed by atoms with Crippen molar-refractivity contribution in [1.82, 2.24) is 24.9 Å². The standard InChI is InChI=1S/C18H25N7O2/c1-15(25-6-2-5-19-25)18(26)24-9-7-22(8-10-24)16-3-4-17(21-20-16)23-11-13-27-14-12-23/h2-6,15H,7-14H2,1H3. The predicted octanol–water partition coefficient (Wildman–Crippen LogP) is 0.420. The molecule has 2 aromatic rings. The van der Waals surface area contributed by atoms with Gasteiger partial charge < -0.3 is 19.4 Å². The summed E-state index contributed by atoms with van der Waals surface area (Å²) < 4.78 is 7.07. The number of hydrogen-bond acceptors (Lipinski definition) is 7. The third-order valence-electron chi connectivity index (χ3n) is 5.17. The van der Waals surface area contributed by atoms with Gasteiger partial charge in [-0.2, -0.15) is 5.10 Å². The minimum atomic E-state index is -0.279. The molecule has 0 aromatic carbocycles. The van der Waals surface area contributed by atoms with Gasteiger partial charge in [0.15, 0.2) is 11.6 Å². The van der Waals surface area contributed by atoms with Crippen molar-refractivity contribution in [3.8, 4) is 0 Å². The molecule has 2 aliphatic heterocycles. The van der Waals surface area contributed by atoms with Crippen LogP contribution in [-0.2, 0) is 9.53 Å². The summed E-state index contributed by atoms with van der Waals surface area (Å²) in [5, 5.41) is 12.9. The van der Waals surface area contributed by atoms with Crippen LogP contribution in [-0.4, -0.2) is 83.3 Å². The highest BCUT2D eigenvalue weighted by atomic mass is 16.5. The van der Waals surface area contributed by atoms with Gasteiger partial charge >= 0.3 is 0 Å². The SMILES string of the molecule is CC(C(=O)N1CCN(c2ccc(N3CCOCC3)nn2)CC1)n1cccn1. The first-order valence-corrected chi connectivity index (χ1v) is 9.41. The number of anilines is 2. The van der Waals surface area contributed by atoms with Gasteiger partial charge in [0.05, 0.1) is 13.2 Å². The Kier molecular flexibility index (Phi) is 5.19. The molecule has 2 aliphatic rings. The predicted molar refractivity (Wildman–Crippen MR) is 101 cm³/mol. The second-order valence-corrected chi connectivity index (χ2v) is 6.82. The number of aromatic nitrogens is 4. The van der Waals surface area contributed by atoms with Gasteiger partial charge in [0, 0.05) is 51.7 Å². The zero-order valence-electron chi connectivity index (χ0n) is 15.6. The molecule has 0 N–H and O–H groups in total. The number of piperazine rings is 1. The second kappa shape index (κ2) is 7.91. The summed E-state index contributed by atoms with van der Waals surface area (Å²) in [6.45, 7) is 7.91. The summed E-state index contributed by atoms with van der Waals surface area (Å²) in [4.78, 5) is 18.9. The van der Waals surface area contributed by atoms with Crippen LogP contribution in [0.15, 0.2) is 30.6 Å². The van der Waals surface area contributed by atoms with Crippen LogP contribution in [0, 0.1) is 0 Å². The lowest BCUT2D eigenvalue weighted by molar-refractivity contribution is -0.134. The number of rotatable bonds is 4. The summed E-state index contributed by atoms with van der Waals surface area (Å²) in [6.07, 6.45) is 3.52. The molecule has 0 spiro atoms. The third-order valence-corrected chi connectivity index (χ3v) is 5.17. The quantitative estimate of drug-likeness (QED) is 0.771. The van der Waals surface area contributed by atoms with Crippen molar-refractivity contribution in [1.29, 1.82) is 0 Å². The van der Waals surface area contributed by atoms with E-state index in [1.54, 1.807) is 10.9 Å². The van der Waals surface area contributed by atoms with E-state index in [1.807, 2.05) is 36.2 Å². The van der Waals surface area contributed by atoms with Crippen LogP contribution in [0.2, 0.25) is 0 Å². The van der Waals surface area contributed by atoms with Crippen LogP contribution >= 0.6 is 0 Å². The van der Waals surface area contributed by atoms with E-state index in [1.165, 1.54) is 0 Å². The molecule has 2 saturated heterocycles. The molecule has 0 aliphatic carbocycles. The fourth-order valence-corrected chi connectivity index (χ4v) is 3.49. The smallest absolute Gasteiger partial charge is 0.247 e. The normalized spacial score (nSPS) is 19.2. The second-order valence-electron chi connectivity index (χ2n) is 6.82. The Bertz CT molecular complexity index is 736. The molecule has 1 amide bonds. The molecular formula is C18H25N7O2. The van der Waals surface area contributed by atoms with Crippen molar-refractivity contribution in [3.05, 3.63) is 30.6 Å². The van der Waals surface area contributed by atoms with Gasteiger partial charge in [-0.05, 0) is 25.1 Å². The molecular weight excluding hydrogens is 346 g/mol. The zero-order valence-corrected chi connectivity index (χ0v) is 15.6. The lowest BCUT2D eigenvalue weighted by Crippen LogP contribution is -2.50. The first-order chi connectivity index (χ1) is 13.2. The average molecular weight is 371 g/mol. The van der Waals surface area contributed by atoms with Crippen molar-refractivity contribution in [2.75, 3.05) is 62.3 Å². The first-order valence-electron chi connectivity index (χ1n) is 9.41. The zero-order chi connectivity index (χ0) is 18.6. The van der Waals surface area contributed by atoms with Crippen LogP contribution in [0.1, 0.15) is 13.0 Å². The van der Waals surface area contributed by atoms with Crippen molar-refractivity contribution >= 4 is 17.5 Å². The highest BCUT2D eigenvalue weighted by Crippen LogP contribution is 2.18. The Morgan fingerprint density at radius 2 is 1.63 bits per heavy atom. The number of carbonyl (C=O) groups is 1. The fraction of sp³-hybridized carbons (Fsp3) is 0.556. The average Bonchev–Trinajstić information content (AvgIpc) is 3.28. The van der Waals surface area contributed by atoms with Crippen LogP contribution < -0.4 is 9.80 Å². The molecule has 0 saturated carbocycles. The highest BCUT2D eigenvalue weighted by molar-refractivity contribution is 5.80. The van der Waals surface area contributed by atoms with Crippen molar-refractivity contribution in [2.24, 2.45) is 0 Å². The number of morpholine rings is 1. The van der Waals surface area contributed by atoms with Crippen molar-refractivity contribution in [3.63, 3.8) is 0 Å². The molecule has 1 unspecified atom stereocenters. The Labute approximate surface area is 158 Å². The van der Waals surface area contributed by atoms with E-state index >= 15 is 0 Å². The van der Waals surface area contributed by atoms with Crippen LogP contribution in [0.5, 0.6) is 0 Å². The third kappa shape index (κ3) is 3.87. The molecule has 9 nitrogen and oxygen atoms in total. The molecule has 27 heavy (non-hydrogen) atoms. The van der Waals surface area contributed by atoms with Crippen LogP contribution in [0.4, 0.5) is 11.6 Å². The number of hydrogen-bond donors (Lipinski definition) is 0. The van der Waals surface area contributed by atoms with E-state index < -0.39 is 0 Å². The number of carbonyl (C=O) groups excluding carboxylic acids is 1. The molecule has 9 heteroatoms. The van der Waals surface area contributed by atoms with Gasteiger partial charge in [0.1, 0.15) is 6.04 Å². The summed E-state index contributed by atoms with van der Waals surface area (Å²) in [6, 6.07) is 5.59. The first kappa shape index (κ1) is 17.7. The fourth-order valence-electron chi connectivity index (χ4n) is 3.49. The minimum Gasteiger partial charge on any atom is -0.378 e. The van der Waals surface area contributed by atoms with Gasteiger partial charge in [0.25, 0.3) is 0 Å². The van der Waals surface area contributed by atoms with E-state index in [9.17, 15) is 4.79 Å². The Morgan fingerprint density at radius 3 is 2.19 bits per heavy atom. The number of amides is 1. The Morgan fingerprint density at radius 1 is 1.00 bits per heavy atom. The molecule has 4 heterocycles. The molecule has 1 atom stereocenters. The maximum absolute atomic E-state index is 12.7. The summed E-state index contributed by atoms with van der Waals surface area (Å²) >= 11 is 0. The Balaban J connectivity index is 1.33. The van der Waals surface area contributed by atoms with Gasteiger partial charge in [-0.25, -0.2) is 0 Å². The van der Waals surface area contributed by atoms with E-state index in [2.05, 4.69) is 25.1 Å².